The maximum atomic E-state index is 12.6. The molecular formula is C15H29N3O. The van der Waals surface area contributed by atoms with E-state index in [-0.39, 0.29) is 6.04 Å². The molecule has 0 aromatic heterocycles. The highest BCUT2D eigenvalue weighted by molar-refractivity contribution is 5.82. The summed E-state index contributed by atoms with van der Waals surface area (Å²) >= 11 is 0. The van der Waals surface area contributed by atoms with Crippen molar-refractivity contribution in [2.45, 2.75) is 46.1 Å². The zero-order valence-electron chi connectivity index (χ0n) is 12.7. The normalized spacial score (nSPS) is 31.8. The van der Waals surface area contributed by atoms with Crippen LogP contribution >= 0.6 is 0 Å². The molecule has 0 aromatic carbocycles. The fraction of sp³-hybridized carbons (Fsp3) is 0.933. The molecular weight excluding hydrogens is 238 g/mol. The average molecular weight is 267 g/mol. The molecule has 1 amide bonds. The highest BCUT2D eigenvalue weighted by atomic mass is 16.2. The van der Waals surface area contributed by atoms with E-state index in [9.17, 15) is 4.79 Å². The topological polar surface area (TPSA) is 35.6 Å². The van der Waals surface area contributed by atoms with E-state index < -0.39 is 0 Å². The van der Waals surface area contributed by atoms with Gasteiger partial charge in [-0.15, -0.1) is 0 Å². The number of likely N-dealkylation sites (N-methyl/N-ethyl adjacent to an activating group) is 1. The predicted molar refractivity (Wildman–Crippen MR) is 78.1 cm³/mol. The average Bonchev–Trinajstić information content (AvgIpc) is 3.00. The lowest BCUT2D eigenvalue weighted by atomic mass is 9.89. The summed E-state index contributed by atoms with van der Waals surface area (Å²) in [6.07, 6.45) is 3.44. The van der Waals surface area contributed by atoms with E-state index in [1.807, 2.05) is 4.90 Å². The van der Waals surface area contributed by atoms with Crippen molar-refractivity contribution >= 4 is 5.91 Å². The Kier molecular flexibility index (Phi) is 4.85. The molecule has 2 rings (SSSR count). The first-order valence-corrected chi connectivity index (χ1v) is 7.83. The molecule has 0 aromatic rings. The molecule has 4 nitrogen and oxygen atoms in total. The summed E-state index contributed by atoms with van der Waals surface area (Å²) in [5, 5.41) is 3.45. The number of carbonyl (C=O) groups is 1. The van der Waals surface area contributed by atoms with E-state index in [2.05, 4.69) is 31.0 Å². The minimum Gasteiger partial charge on any atom is -0.342 e. The van der Waals surface area contributed by atoms with Gasteiger partial charge in [0.25, 0.3) is 0 Å². The third-order valence-corrected chi connectivity index (χ3v) is 4.77. The second-order valence-corrected chi connectivity index (χ2v) is 6.38. The number of amides is 1. The Hall–Kier alpha value is -0.610. The molecule has 4 heteroatoms. The van der Waals surface area contributed by atoms with Crippen molar-refractivity contribution in [3.63, 3.8) is 0 Å². The zero-order chi connectivity index (χ0) is 13.9. The molecule has 2 atom stereocenters. The lowest BCUT2D eigenvalue weighted by molar-refractivity contribution is -0.136. The van der Waals surface area contributed by atoms with Crippen LogP contribution in [0.5, 0.6) is 0 Å². The molecule has 2 unspecified atom stereocenters. The van der Waals surface area contributed by atoms with Crippen molar-refractivity contribution in [1.29, 1.82) is 0 Å². The number of hydrogen-bond donors (Lipinski definition) is 1. The number of nitrogens with zero attached hydrogens (tertiary/aromatic N) is 2. The summed E-state index contributed by atoms with van der Waals surface area (Å²) in [7, 11) is 0. The van der Waals surface area contributed by atoms with Gasteiger partial charge < -0.3 is 10.2 Å². The Labute approximate surface area is 117 Å². The number of likely N-dealkylation sites (tertiary alicyclic amines) is 1. The first-order valence-electron chi connectivity index (χ1n) is 7.83. The molecule has 2 saturated heterocycles. The van der Waals surface area contributed by atoms with Crippen LogP contribution in [-0.2, 0) is 4.79 Å². The predicted octanol–water partition coefficient (Wildman–Crippen LogP) is 1.32. The van der Waals surface area contributed by atoms with Gasteiger partial charge in [0.2, 0.25) is 5.91 Å². The molecule has 0 spiro atoms. The largest absolute Gasteiger partial charge is 0.342 e. The third kappa shape index (κ3) is 3.29. The van der Waals surface area contributed by atoms with Gasteiger partial charge in [0.1, 0.15) is 0 Å². The standard InChI is InChI=1S/C15H29N3O/c1-4-17(5-2)14(19)13-7-6-10-18(13)12-15(3)8-9-16-11-15/h13,16H,4-12H2,1-3H3. The Bertz CT molecular complexity index is 309. The Morgan fingerprint density at radius 1 is 1.42 bits per heavy atom. The van der Waals surface area contributed by atoms with Crippen LogP contribution in [0.3, 0.4) is 0 Å². The molecule has 2 aliphatic heterocycles. The Morgan fingerprint density at radius 3 is 2.74 bits per heavy atom. The number of rotatable bonds is 5. The number of hydrogen-bond acceptors (Lipinski definition) is 3. The van der Waals surface area contributed by atoms with Gasteiger partial charge in [-0.3, -0.25) is 9.69 Å². The molecule has 1 N–H and O–H groups in total. The zero-order valence-corrected chi connectivity index (χ0v) is 12.7. The van der Waals surface area contributed by atoms with Gasteiger partial charge >= 0.3 is 0 Å². The van der Waals surface area contributed by atoms with E-state index in [0.29, 0.717) is 11.3 Å². The molecule has 0 bridgehead atoms. The molecule has 2 heterocycles. The Morgan fingerprint density at radius 2 is 2.16 bits per heavy atom. The monoisotopic (exact) mass is 267 g/mol. The van der Waals surface area contributed by atoms with Gasteiger partial charge in [-0.25, -0.2) is 0 Å². The quantitative estimate of drug-likeness (QED) is 0.816. The van der Waals surface area contributed by atoms with E-state index in [0.717, 1.165) is 45.7 Å². The van der Waals surface area contributed by atoms with Crippen LogP contribution in [0.1, 0.15) is 40.0 Å². The summed E-state index contributed by atoms with van der Waals surface area (Å²) in [5.41, 5.74) is 0.353. The lowest BCUT2D eigenvalue weighted by Gasteiger charge is -2.34. The first kappa shape index (κ1) is 14.8. The second-order valence-electron chi connectivity index (χ2n) is 6.38. The maximum Gasteiger partial charge on any atom is 0.239 e. The molecule has 19 heavy (non-hydrogen) atoms. The van der Waals surface area contributed by atoms with Gasteiger partial charge in [-0.2, -0.15) is 0 Å². The number of nitrogens with one attached hydrogen (secondary N) is 1. The molecule has 0 radical (unpaired) electrons. The van der Waals surface area contributed by atoms with Crippen LogP contribution in [0, 0.1) is 5.41 Å². The van der Waals surface area contributed by atoms with Gasteiger partial charge in [-0.1, -0.05) is 6.92 Å². The minimum absolute atomic E-state index is 0.136. The van der Waals surface area contributed by atoms with Crippen LogP contribution in [0.15, 0.2) is 0 Å². The van der Waals surface area contributed by atoms with Crippen LogP contribution in [0.25, 0.3) is 0 Å². The number of carbonyl (C=O) groups excluding carboxylic acids is 1. The lowest BCUT2D eigenvalue weighted by Crippen LogP contribution is -2.48. The van der Waals surface area contributed by atoms with E-state index >= 15 is 0 Å². The minimum atomic E-state index is 0.136. The maximum absolute atomic E-state index is 12.6. The highest BCUT2D eigenvalue weighted by Crippen LogP contribution is 2.30. The van der Waals surface area contributed by atoms with E-state index in [1.54, 1.807) is 0 Å². The smallest absolute Gasteiger partial charge is 0.239 e. The highest BCUT2D eigenvalue weighted by Gasteiger charge is 2.38. The van der Waals surface area contributed by atoms with Crippen molar-refractivity contribution in [2.24, 2.45) is 5.41 Å². The molecule has 2 fully saturated rings. The fourth-order valence-electron chi connectivity index (χ4n) is 3.54. The Balaban J connectivity index is 1.98. The van der Waals surface area contributed by atoms with Crippen molar-refractivity contribution in [3.05, 3.63) is 0 Å². The van der Waals surface area contributed by atoms with E-state index in [4.69, 9.17) is 0 Å². The molecule has 110 valence electrons. The first-order chi connectivity index (χ1) is 9.09. The van der Waals surface area contributed by atoms with Gasteiger partial charge in [0.15, 0.2) is 0 Å². The SMILES string of the molecule is CCN(CC)C(=O)C1CCCN1CC1(C)CCNC1. The molecule has 0 aliphatic carbocycles. The third-order valence-electron chi connectivity index (χ3n) is 4.77. The van der Waals surface area contributed by atoms with Gasteiger partial charge in [0.05, 0.1) is 6.04 Å². The molecule has 0 saturated carbocycles. The summed E-state index contributed by atoms with van der Waals surface area (Å²) in [4.78, 5) is 17.0. The molecule has 2 aliphatic rings. The van der Waals surface area contributed by atoms with Crippen molar-refractivity contribution in [3.8, 4) is 0 Å². The van der Waals surface area contributed by atoms with Crippen LogP contribution in [0.4, 0.5) is 0 Å². The van der Waals surface area contributed by atoms with Crippen molar-refractivity contribution < 1.29 is 4.79 Å². The summed E-state index contributed by atoms with van der Waals surface area (Å²) < 4.78 is 0. The van der Waals surface area contributed by atoms with Crippen molar-refractivity contribution in [2.75, 3.05) is 39.3 Å². The van der Waals surface area contributed by atoms with E-state index in [1.165, 1.54) is 12.8 Å². The van der Waals surface area contributed by atoms with Gasteiger partial charge in [0, 0.05) is 26.2 Å². The fourth-order valence-corrected chi connectivity index (χ4v) is 3.54. The summed E-state index contributed by atoms with van der Waals surface area (Å²) in [6, 6.07) is 0.136. The summed E-state index contributed by atoms with van der Waals surface area (Å²) in [6.45, 7) is 12.5. The van der Waals surface area contributed by atoms with Crippen LogP contribution in [-0.4, -0.2) is 61.0 Å². The second kappa shape index (κ2) is 6.23. The van der Waals surface area contributed by atoms with Crippen molar-refractivity contribution in [1.82, 2.24) is 15.1 Å². The van der Waals surface area contributed by atoms with Crippen LogP contribution in [0.2, 0.25) is 0 Å². The van der Waals surface area contributed by atoms with Crippen LogP contribution < -0.4 is 5.32 Å². The summed E-state index contributed by atoms with van der Waals surface area (Å²) in [5.74, 6) is 0.344. The van der Waals surface area contributed by atoms with Gasteiger partial charge in [-0.05, 0) is 51.6 Å².